The molecule has 0 aromatic heterocycles. The topological polar surface area (TPSA) is 67.9 Å². The number of aryl methyl sites for hydroxylation is 2. The molecule has 0 atom stereocenters. The molecule has 2 aromatic rings. The van der Waals surface area contributed by atoms with Gasteiger partial charge in [0.15, 0.2) is 11.5 Å². The Labute approximate surface area is 186 Å². The lowest BCUT2D eigenvalue weighted by Crippen LogP contribution is -2.36. The summed E-state index contributed by atoms with van der Waals surface area (Å²) in [7, 11) is 1.62. The van der Waals surface area contributed by atoms with Crippen LogP contribution >= 0.6 is 15.9 Å². The molecule has 0 fully saturated rings. The average Bonchev–Trinajstić information content (AvgIpc) is 2.68. The van der Waals surface area contributed by atoms with E-state index in [-0.39, 0.29) is 24.8 Å². The minimum absolute atomic E-state index is 0.0282. The number of benzene rings is 2. The van der Waals surface area contributed by atoms with Gasteiger partial charge in [0.25, 0.3) is 0 Å². The number of anilines is 1. The van der Waals surface area contributed by atoms with E-state index in [1.807, 2.05) is 52.0 Å². The predicted molar refractivity (Wildman–Crippen MR) is 122 cm³/mol. The molecule has 0 bridgehead atoms. The molecule has 7 heteroatoms. The number of likely N-dealkylation sites (N-methyl/N-ethyl adjacent to an activating group) is 1. The quantitative estimate of drug-likeness (QED) is 0.578. The van der Waals surface area contributed by atoms with E-state index in [2.05, 4.69) is 21.2 Å². The number of amides is 2. The molecule has 0 aliphatic rings. The second-order valence-corrected chi connectivity index (χ2v) is 7.85. The van der Waals surface area contributed by atoms with Crippen molar-refractivity contribution < 1.29 is 19.1 Å². The molecule has 2 amide bonds. The second kappa shape index (κ2) is 11.0. The van der Waals surface area contributed by atoms with Gasteiger partial charge in [0.1, 0.15) is 0 Å². The van der Waals surface area contributed by atoms with Gasteiger partial charge in [-0.05, 0) is 56.5 Å². The Morgan fingerprint density at radius 2 is 1.60 bits per heavy atom. The van der Waals surface area contributed by atoms with Crippen LogP contribution in [0.4, 0.5) is 5.69 Å². The molecule has 0 saturated heterocycles. The fourth-order valence-corrected chi connectivity index (χ4v) is 3.50. The van der Waals surface area contributed by atoms with Crippen LogP contribution in [-0.4, -0.2) is 43.5 Å². The molecule has 0 saturated carbocycles. The summed E-state index contributed by atoms with van der Waals surface area (Å²) < 4.78 is 12.0. The van der Waals surface area contributed by atoms with Gasteiger partial charge in [-0.15, -0.1) is 0 Å². The zero-order chi connectivity index (χ0) is 22.3. The van der Waals surface area contributed by atoms with E-state index in [4.69, 9.17) is 9.47 Å². The summed E-state index contributed by atoms with van der Waals surface area (Å²) in [5.74, 6) is 0.826. The largest absolute Gasteiger partial charge is 0.490 e. The van der Waals surface area contributed by atoms with Crippen LogP contribution in [0.1, 0.15) is 30.5 Å². The normalized spacial score (nSPS) is 10.5. The van der Waals surface area contributed by atoms with Crippen molar-refractivity contribution in [2.24, 2.45) is 0 Å². The van der Waals surface area contributed by atoms with Crippen LogP contribution in [0.3, 0.4) is 0 Å². The number of rotatable bonds is 9. The predicted octanol–water partition coefficient (Wildman–Crippen LogP) is 4.50. The lowest BCUT2D eigenvalue weighted by atomic mass is 10.1. The molecule has 1 N–H and O–H groups in total. The molecule has 162 valence electrons. The first-order chi connectivity index (χ1) is 14.3. The zero-order valence-corrected chi connectivity index (χ0v) is 19.8. The van der Waals surface area contributed by atoms with Crippen molar-refractivity contribution in [2.75, 3.05) is 32.1 Å². The molecule has 0 unspecified atom stereocenters. The van der Waals surface area contributed by atoms with Crippen LogP contribution in [0.2, 0.25) is 0 Å². The van der Waals surface area contributed by atoms with Crippen molar-refractivity contribution in [3.63, 3.8) is 0 Å². The van der Waals surface area contributed by atoms with Crippen molar-refractivity contribution in [3.8, 4) is 11.5 Å². The van der Waals surface area contributed by atoms with Crippen LogP contribution in [0, 0.1) is 13.8 Å². The standard InChI is InChI=1S/C23H29BrN2O4/c1-6-29-19-11-17(18(24)13-20(19)30-7-2)12-22(28)26(5)14-21(27)25-23-15(3)9-8-10-16(23)4/h8-11,13H,6-7,12,14H2,1-5H3,(H,25,27). The Hall–Kier alpha value is -2.54. The van der Waals surface area contributed by atoms with Crippen LogP contribution in [-0.2, 0) is 16.0 Å². The highest BCUT2D eigenvalue weighted by molar-refractivity contribution is 9.10. The molecule has 30 heavy (non-hydrogen) atoms. The molecular weight excluding hydrogens is 448 g/mol. The maximum Gasteiger partial charge on any atom is 0.243 e. The first-order valence-electron chi connectivity index (χ1n) is 9.94. The fraction of sp³-hybridized carbons (Fsp3) is 0.391. The number of carbonyl (C=O) groups is 2. The Morgan fingerprint density at radius 3 is 2.17 bits per heavy atom. The third-order valence-electron chi connectivity index (χ3n) is 4.61. The van der Waals surface area contributed by atoms with Crippen molar-refractivity contribution in [3.05, 3.63) is 51.5 Å². The third kappa shape index (κ3) is 6.23. The van der Waals surface area contributed by atoms with Crippen LogP contribution in [0.5, 0.6) is 11.5 Å². The number of halogens is 1. The fourth-order valence-electron chi connectivity index (χ4n) is 3.04. The summed E-state index contributed by atoms with van der Waals surface area (Å²) in [6, 6.07) is 9.45. The van der Waals surface area contributed by atoms with Crippen molar-refractivity contribution >= 4 is 33.4 Å². The molecular formula is C23H29BrN2O4. The molecule has 0 aliphatic heterocycles. The monoisotopic (exact) mass is 476 g/mol. The van der Waals surface area contributed by atoms with E-state index in [1.54, 1.807) is 13.1 Å². The van der Waals surface area contributed by atoms with E-state index in [9.17, 15) is 9.59 Å². The summed E-state index contributed by atoms with van der Waals surface area (Å²) in [5, 5.41) is 2.91. The van der Waals surface area contributed by atoms with Gasteiger partial charge in [0, 0.05) is 17.2 Å². The summed E-state index contributed by atoms with van der Waals surface area (Å²) in [6.07, 6.45) is 0.139. The SMILES string of the molecule is CCOc1cc(Br)c(CC(=O)N(C)CC(=O)Nc2c(C)cccc2C)cc1OCC. The number of nitrogens with one attached hydrogen (secondary N) is 1. The number of hydrogen-bond donors (Lipinski definition) is 1. The number of para-hydroxylation sites is 1. The molecule has 0 heterocycles. The Bertz CT molecular complexity index is 894. The van der Waals surface area contributed by atoms with Crippen LogP contribution in [0.15, 0.2) is 34.8 Å². The highest BCUT2D eigenvalue weighted by atomic mass is 79.9. The lowest BCUT2D eigenvalue weighted by molar-refractivity contribution is -0.132. The van der Waals surface area contributed by atoms with Gasteiger partial charge < -0.3 is 19.7 Å². The zero-order valence-electron chi connectivity index (χ0n) is 18.2. The minimum Gasteiger partial charge on any atom is -0.490 e. The number of nitrogens with zero attached hydrogens (tertiary/aromatic N) is 1. The van der Waals surface area contributed by atoms with Crippen molar-refractivity contribution in [1.29, 1.82) is 0 Å². The Morgan fingerprint density at radius 1 is 1.03 bits per heavy atom. The first-order valence-corrected chi connectivity index (χ1v) is 10.7. The van der Waals surface area contributed by atoms with Crippen molar-refractivity contribution in [1.82, 2.24) is 4.90 Å². The van der Waals surface area contributed by atoms with E-state index in [0.717, 1.165) is 26.9 Å². The number of carbonyl (C=O) groups excluding carboxylic acids is 2. The maximum atomic E-state index is 12.7. The van der Waals surface area contributed by atoms with Crippen molar-refractivity contribution in [2.45, 2.75) is 34.1 Å². The molecule has 2 rings (SSSR count). The molecule has 6 nitrogen and oxygen atoms in total. The van der Waals surface area contributed by atoms with E-state index in [1.165, 1.54) is 4.90 Å². The molecule has 0 spiro atoms. The van der Waals surface area contributed by atoms with Gasteiger partial charge in [-0.2, -0.15) is 0 Å². The second-order valence-electron chi connectivity index (χ2n) is 7.00. The highest BCUT2D eigenvalue weighted by Crippen LogP contribution is 2.34. The van der Waals surface area contributed by atoms with Crippen LogP contribution in [0.25, 0.3) is 0 Å². The maximum absolute atomic E-state index is 12.7. The lowest BCUT2D eigenvalue weighted by Gasteiger charge is -2.19. The van der Waals surface area contributed by atoms with E-state index < -0.39 is 0 Å². The number of hydrogen-bond acceptors (Lipinski definition) is 4. The Balaban J connectivity index is 2.06. The molecule has 0 aliphatic carbocycles. The van der Waals surface area contributed by atoms with Gasteiger partial charge >= 0.3 is 0 Å². The highest BCUT2D eigenvalue weighted by Gasteiger charge is 2.18. The van der Waals surface area contributed by atoms with Crippen LogP contribution < -0.4 is 14.8 Å². The van der Waals surface area contributed by atoms with E-state index >= 15 is 0 Å². The number of ether oxygens (including phenoxy) is 2. The third-order valence-corrected chi connectivity index (χ3v) is 5.34. The average molecular weight is 477 g/mol. The van der Waals surface area contributed by atoms with Gasteiger partial charge in [-0.3, -0.25) is 9.59 Å². The van der Waals surface area contributed by atoms with Gasteiger partial charge in [0.2, 0.25) is 11.8 Å². The summed E-state index contributed by atoms with van der Waals surface area (Å²) >= 11 is 3.51. The molecule has 2 aromatic carbocycles. The van der Waals surface area contributed by atoms with E-state index in [0.29, 0.717) is 24.7 Å². The minimum atomic E-state index is -0.232. The summed E-state index contributed by atoms with van der Waals surface area (Å²) in [6.45, 7) is 8.66. The summed E-state index contributed by atoms with van der Waals surface area (Å²) in [5.41, 5.74) is 3.53. The first kappa shape index (κ1) is 23.7. The Kier molecular flexibility index (Phi) is 8.72. The summed E-state index contributed by atoms with van der Waals surface area (Å²) in [4.78, 5) is 26.6. The molecule has 0 radical (unpaired) electrons. The van der Waals surface area contributed by atoms with Gasteiger partial charge in [-0.1, -0.05) is 34.1 Å². The smallest absolute Gasteiger partial charge is 0.243 e. The van der Waals surface area contributed by atoms with Gasteiger partial charge in [-0.25, -0.2) is 0 Å². The van der Waals surface area contributed by atoms with Gasteiger partial charge in [0.05, 0.1) is 26.2 Å².